The summed E-state index contributed by atoms with van der Waals surface area (Å²) < 4.78 is 7.17. The van der Waals surface area contributed by atoms with Gasteiger partial charge in [0.15, 0.2) is 6.29 Å². The van der Waals surface area contributed by atoms with Crippen molar-refractivity contribution in [2.45, 2.75) is 32.2 Å². The molecule has 0 aliphatic carbocycles. The highest BCUT2D eigenvalue weighted by Crippen LogP contribution is 2.25. The lowest BCUT2D eigenvalue weighted by molar-refractivity contribution is 0.112. The maximum atomic E-state index is 10.9. The summed E-state index contributed by atoms with van der Waals surface area (Å²) in [7, 11) is 0. The molecule has 0 aromatic carbocycles. The second kappa shape index (κ2) is 4.57. The highest BCUT2D eigenvalue weighted by Gasteiger charge is 2.23. The summed E-state index contributed by atoms with van der Waals surface area (Å²) in [5.74, 6) is 0.309. The molecule has 2 rings (SSSR count). The third-order valence-electron chi connectivity index (χ3n) is 2.72. The van der Waals surface area contributed by atoms with Crippen molar-refractivity contribution in [2.75, 3.05) is 13.2 Å². The van der Waals surface area contributed by atoms with Gasteiger partial charge in [-0.2, -0.15) is 5.10 Å². The fraction of sp³-hybridized carbons (Fsp3) is 0.636. The summed E-state index contributed by atoms with van der Waals surface area (Å²) in [5.41, 5.74) is 1.63. The molecule has 1 aromatic rings. The zero-order valence-electron chi connectivity index (χ0n) is 8.98. The predicted octanol–water partition coefficient (Wildman–Crippen LogP) is 1.61. The summed E-state index contributed by atoms with van der Waals surface area (Å²) in [6.07, 6.45) is 4.74. The molecule has 1 atom stereocenters. The minimum atomic E-state index is 0.309. The Morgan fingerprint density at radius 1 is 1.73 bits per heavy atom. The van der Waals surface area contributed by atoms with E-state index in [1.807, 2.05) is 10.9 Å². The average molecular weight is 208 g/mol. The van der Waals surface area contributed by atoms with E-state index in [9.17, 15) is 4.79 Å². The van der Waals surface area contributed by atoms with Crippen molar-refractivity contribution in [2.24, 2.45) is 0 Å². The Morgan fingerprint density at radius 3 is 3.20 bits per heavy atom. The topological polar surface area (TPSA) is 44.1 Å². The molecule has 0 saturated carbocycles. The number of hydrogen-bond donors (Lipinski definition) is 0. The molecular formula is C11H16N2O2. The SMILES string of the molecule is CCCn1cc(C=O)c(C2CCOC2)n1. The third kappa shape index (κ3) is 2.09. The summed E-state index contributed by atoms with van der Waals surface area (Å²) in [5, 5.41) is 4.46. The highest BCUT2D eigenvalue weighted by molar-refractivity contribution is 5.76. The van der Waals surface area contributed by atoms with Crippen LogP contribution in [0.5, 0.6) is 0 Å². The Kier molecular flexibility index (Phi) is 3.16. The molecule has 0 amide bonds. The largest absolute Gasteiger partial charge is 0.381 e. The van der Waals surface area contributed by atoms with Gasteiger partial charge in [0.05, 0.1) is 17.9 Å². The molecule has 1 fully saturated rings. The van der Waals surface area contributed by atoms with Crippen molar-refractivity contribution >= 4 is 6.29 Å². The van der Waals surface area contributed by atoms with E-state index in [0.717, 1.165) is 43.5 Å². The van der Waals surface area contributed by atoms with E-state index in [2.05, 4.69) is 12.0 Å². The van der Waals surface area contributed by atoms with Crippen LogP contribution in [0.3, 0.4) is 0 Å². The summed E-state index contributed by atoms with van der Waals surface area (Å²) in [4.78, 5) is 10.9. The standard InChI is InChI=1S/C11H16N2O2/c1-2-4-13-6-10(7-14)11(12-13)9-3-5-15-8-9/h6-7,9H,2-5,8H2,1H3. The van der Waals surface area contributed by atoms with Crippen molar-refractivity contribution in [3.05, 3.63) is 17.5 Å². The molecule has 4 nitrogen and oxygen atoms in total. The Bertz CT molecular complexity index is 340. The number of aromatic nitrogens is 2. The third-order valence-corrected chi connectivity index (χ3v) is 2.72. The number of nitrogens with zero attached hydrogens (tertiary/aromatic N) is 2. The van der Waals surface area contributed by atoms with Crippen LogP contribution in [0.25, 0.3) is 0 Å². The van der Waals surface area contributed by atoms with Gasteiger partial charge in [0, 0.05) is 25.3 Å². The van der Waals surface area contributed by atoms with Gasteiger partial charge in [0.1, 0.15) is 0 Å². The summed E-state index contributed by atoms with van der Waals surface area (Å²) >= 11 is 0. The highest BCUT2D eigenvalue weighted by atomic mass is 16.5. The van der Waals surface area contributed by atoms with Gasteiger partial charge in [-0.15, -0.1) is 0 Å². The average Bonchev–Trinajstić information content (AvgIpc) is 2.84. The number of carbonyl (C=O) groups is 1. The fourth-order valence-corrected chi connectivity index (χ4v) is 1.95. The Labute approximate surface area is 89.2 Å². The van der Waals surface area contributed by atoms with E-state index in [1.54, 1.807) is 0 Å². The summed E-state index contributed by atoms with van der Waals surface area (Å²) in [6, 6.07) is 0. The van der Waals surface area contributed by atoms with E-state index in [-0.39, 0.29) is 0 Å². The molecule has 4 heteroatoms. The van der Waals surface area contributed by atoms with Crippen LogP contribution in [-0.4, -0.2) is 29.3 Å². The van der Waals surface area contributed by atoms with Crippen LogP contribution in [0.2, 0.25) is 0 Å². The molecule has 0 radical (unpaired) electrons. The van der Waals surface area contributed by atoms with Crippen LogP contribution < -0.4 is 0 Å². The number of aryl methyl sites for hydroxylation is 1. The first-order valence-electron chi connectivity index (χ1n) is 5.45. The first kappa shape index (κ1) is 10.4. The van der Waals surface area contributed by atoms with Gasteiger partial charge in [-0.1, -0.05) is 6.92 Å². The molecular weight excluding hydrogens is 192 g/mol. The number of carbonyl (C=O) groups excluding carboxylic acids is 1. The van der Waals surface area contributed by atoms with Crippen LogP contribution >= 0.6 is 0 Å². The van der Waals surface area contributed by atoms with Gasteiger partial charge in [-0.25, -0.2) is 0 Å². The van der Waals surface area contributed by atoms with Crippen molar-refractivity contribution in [1.82, 2.24) is 9.78 Å². The van der Waals surface area contributed by atoms with Gasteiger partial charge >= 0.3 is 0 Å². The molecule has 0 N–H and O–H groups in total. The molecule has 1 aromatic heterocycles. The Hall–Kier alpha value is -1.16. The lowest BCUT2D eigenvalue weighted by Gasteiger charge is -2.03. The fourth-order valence-electron chi connectivity index (χ4n) is 1.95. The molecule has 1 unspecified atom stereocenters. The lowest BCUT2D eigenvalue weighted by Crippen LogP contribution is -2.03. The monoisotopic (exact) mass is 208 g/mol. The minimum Gasteiger partial charge on any atom is -0.381 e. The number of rotatable bonds is 4. The zero-order valence-corrected chi connectivity index (χ0v) is 8.98. The van der Waals surface area contributed by atoms with Gasteiger partial charge in [0.25, 0.3) is 0 Å². The second-order valence-electron chi connectivity index (χ2n) is 3.91. The maximum Gasteiger partial charge on any atom is 0.153 e. The van der Waals surface area contributed by atoms with Crippen LogP contribution in [0.15, 0.2) is 6.20 Å². The first-order valence-corrected chi connectivity index (χ1v) is 5.45. The van der Waals surface area contributed by atoms with E-state index < -0.39 is 0 Å². The molecule has 0 spiro atoms. The molecule has 15 heavy (non-hydrogen) atoms. The predicted molar refractivity (Wildman–Crippen MR) is 56.1 cm³/mol. The second-order valence-corrected chi connectivity index (χ2v) is 3.91. The van der Waals surface area contributed by atoms with Crippen LogP contribution in [0.1, 0.15) is 41.7 Å². The molecule has 82 valence electrons. The van der Waals surface area contributed by atoms with Crippen molar-refractivity contribution in [3.8, 4) is 0 Å². The number of hydrogen-bond acceptors (Lipinski definition) is 3. The van der Waals surface area contributed by atoms with Crippen molar-refractivity contribution in [3.63, 3.8) is 0 Å². The van der Waals surface area contributed by atoms with E-state index in [4.69, 9.17) is 4.74 Å². The smallest absolute Gasteiger partial charge is 0.153 e. The molecule has 0 bridgehead atoms. The minimum absolute atomic E-state index is 0.309. The van der Waals surface area contributed by atoms with Gasteiger partial charge in [0.2, 0.25) is 0 Å². The van der Waals surface area contributed by atoms with Crippen LogP contribution in [0, 0.1) is 0 Å². The van der Waals surface area contributed by atoms with Gasteiger partial charge < -0.3 is 4.74 Å². The van der Waals surface area contributed by atoms with Crippen LogP contribution in [0.4, 0.5) is 0 Å². The molecule has 1 aliphatic heterocycles. The maximum absolute atomic E-state index is 10.9. The Morgan fingerprint density at radius 2 is 2.60 bits per heavy atom. The molecule has 2 heterocycles. The van der Waals surface area contributed by atoms with Gasteiger partial charge in [-0.05, 0) is 12.8 Å². The summed E-state index contributed by atoms with van der Waals surface area (Å²) in [6.45, 7) is 4.45. The first-order chi connectivity index (χ1) is 7.35. The number of ether oxygens (including phenoxy) is 1. The van der Waals surface area contributed by atoms with Gasteiger partial charge in [-0.3, -0.25) is 9.48 Å². The zero-order chi connectivity index (χ0) is 10.7. The normalized spacial score (nSPS) is 20.7. The Balaban J connectivity index is 2.23. The lowest BCUT2D eigenvalue weighted by atomic mass is 10.0. The number of aldehydes is 1. The molecule has 1 aliphatic rings. The molecule has 1 saturated heterocycles. The van der Waals surface area contributed by atoms with Crippen molar-refractivity contribution < 1.29 is 9.53 Å². The van der Waals surface area contributed by atoms with Crippen LogP contribution in [-0.2, 0) is 11.3 Å². The van der Waals surface area contributed by atoms with Crippen molar-refractivity contribution in [1.29, 1.82) is 0 Å². The van der Waals surface area contributed by atoms with E-state index in [0.29, 0.717) is 12.5 Å². The quantitative estimate of drug-likeness (QED) is 0.706. The van der Waals surface area contributed by atoms with E-state index >= 15 is 0 Å². The van der Waals surface area contributed by atoms with E-state index in [1.165, 1.54) is 0 Å².